The molecule has 152 valence electrons. The Labute approximate surface area is 164 Å². The number of ether oxygens (including phenoxy) is 2. The van der Waals surface area contributed by atoms with E-state index in [2.05, 4.69) is 10.1 Å². The Bertz CT molecular complexity index is 895. The van der Waals surface area contributed by atoms with Crippen molar-refractivity contribution in [2.24, 2.45) is 0 Å². The molecule has 0 aliphatic carbocycles. The molecule has 0 aromatic heterocycles. The van der Waals surface area contributed by atoms with Crippen molar-refractivity contribution in [3.05, 3.63) is 79.4 Å². The summed E-state index contributed by atoms with van der Waals surface area (Å²) in [6, 6.07) is 9.31. The van der Waals surface area contributed by atoms with E-state index in [0.29, 0.717) is 5.56 Å². The van der Waals surface area contributed by atoms with Crippen LogP contribution in [0.1, 0.15) is 26.3 Å². The van der Waals surface area contributed by atoms with Gasteiger partial charge in [0.2, 0.25) is 0 Å². The van der Waals surface area contributed by atoms with Crippen LogP contribution in [0.15, 0.2) is 42.5 Å². The zero-order valence-electron chi connectivity index (χ0n) is 15.3. The second-order valence-corrected chi connectivity index (χ2v) is 5.75. The zero-order chi connectivity index (χ0) is 21.4. The summed E-state index contributed by atoms with van der Waals surface area (Å²) >= 11 is 0. The van der Waals surface area contributed by atoms with Gasteiger partial charge in [-0.1, -0.05) is 12.1 Å². The first-order valence-electron chi connectivity index (χ1n) is 8.29. The van der Waals surface area contributed by atoms with Gasteiger partial charge < -0.3 is 14.8 Å². The Balaban J connectivity index is 1.85. The number of nitrogens with one attached hydrogen (secondary N) is 1. The highest BCUT2D eigenvalue weighted by molar-refractivity contribution is 5.95. The summed E-state index contributed by atoms with van der Waals surface area (Å²) in [5.41, 5.74) is -0.0656. The lowest BCUT2D eigenvalue weighted by Gasteiger charge is -2.07. The second-order valence-electron chi connectivity index (χ2n) is 5.75. The van der Waals surface area contributed by atoms with Crippen molar-refractivity contribution in [1.29, 1.82) is 0 Å². The molecule has 0 unspecified atom stereocenters. The molecule has 0 saturated carbocycles. The number of amides is 1. The smallest absolute Gasteiger partial charge is 0.337 e. The molecule has 0 spiro atoms. The van der Waals surface area contributed by atoms with Crippen LogP contribution >= 0.6 is 0 Å². The Hall–Kier alpha value is -3.86. The van der Waals surface area contributed by atoms with Gasteiger partial charge in [-0.2, -0.15) is 0 Å². The van der Waals surface area contributed by atoms with E-state index in [0.717, 1.165) is 23.8 Å². The molecule has 0 saturated heterocycles. The predicted octanol–water partition coefficient (Wildman–Crippen LogP) is 2.24. The fraction of sp³-hybridized carbons (Fsp3) is 0.222. The summed E-state index contributed by atoms with van der Waals surface area (Å²) in [6.07, 6.45) is 0. The molecule has 2 rings (SSSR count). The van der Waals surface area contributed by atoms with Crippen molar-refractivity contribution in [3.8, 4) is 0 Å². The Morgan fingerprint density at radius 1 is 0.966 bits per heavy atom. The van der Waals surface area contributed by atoms with E-state index in [-0.39, 0.29) is 25.3 Å². The number of rotatable bonds is 9. The molecule has 29 heavy (non-hydrogen) atoms. The number of esters is 1. The molecular formula is C18H17N3O8. The summed E-state index contributed by atoms with van der Waals surface area (Å²) in [5, 5.41) is 24.2. The largest absolute Gasteiger partial charge is 0.465 e. The predicted molar refractivity (Wildman–Crippen MR) is 99.5 cm³/mol. The van der Waals surface area contributed by atoms with Gasteiger partial charge in [-0.05, 0) is 17.7 Å². The van der Waals surface area contributed by atoms with Gasteiger partial charge in [0.1, 0.15) is 0 Å². The number of hydrogen-bond acceptors (Lipinski definition) is 8. The lowest BCUT2D eigenvalue weighted by molar-refractivity contribution is -0.394. The highest BCUT2D eigenvalue weighted by Gasteiger charge is 2.19. The van der Waals surface area contributed by atoms with Gasteiger partial charge in [0.25, 0.3) is 17.3 Å². The maximum absolute atomic E-state index is 12.1. The summed E-state index contributed by atoms with van der Waals surface area (Å²) in [6.45, 7) is 0.469. The first-order chi connectivity index (χ1) is 13.8. The van der Waals surface area contributed by atoms with E-state index in [9.17, 15) is 29.8 Å². The van der Waals surface area contributed by atoms with Crippen LogP contribution in [0.2, 0.25) is 0 Å². The van der Waals surface area contributed by atoms with Crippen molar-refractivity contribution in [1.82, 2.24) is 5.32 Å². The number of nitro groups is 2. The molecule has 0 heterocycles. The maximum Gasteiger partial charge on any atom is 0.337 e. The van der Waals surface area contributed by atoms with Gasteiger partial charge in [-0.3, -0.25) is 25.0 Å². The van der Waals surface area contributed by atoms with Crippen molar-refractivity contribution in [3.63, 3.8) is 0 Å². The summed E-state index contributed by atoms with van der Waals surface area (Å²) in [7, 11) is 1.29. The Morgan fingerprint density at radius 3 is 2.07 bits per heavy atom. The number of hydrogen-bond donors (Lipinski definition) is 1. The standard InChI is InChI=1S/C18H17N3O8/c1-28-18(23)13-4-2-12(3-5-13)11-29-7-6-19-17(22)14-8-15(20(24)25)10-16(9-14)21(26)27/h2-5,8-10H,6-7,11H2,1H3,(H,19,22). The molecule has 0 atom stereocenters. The van der Waals surface area contributed by atoms with Crippen molar-refractivity contribution >= 4 is 23.3 Å². The molecule has 11 heteroatoms. The van der Waals surface area contributed by atoms with Crippen LogP contribution in [-0.4, -0.2) is 42.0 Å². The molecule has 0 bridgehead atoms. The van der Waals surface area contributed by atoms with E-state index in [1.165, 1.54) is 7.11 Å². The van der Waals surface area contributed by atoms with Crippen LogP contribution in [0.3, 0.4) is 0 Å². The number of carbonyl (C=O) groups excluding carboxylic acids is 2. The van der Waals surface area contributed by atoms with Crippen molar-refractivity contribution in [2.45, 2.75) is 6.61 Å². The van der Waals surface area contributed by atoms with E-state index in [4.69, 9.17) is 4.74 Å². The minimum atomic E-state index is -0.807. The third-order valence-corrected chi connectivity index (χ3v) is 3.76. The topological polar surface area (TPSA) is 151 Å². The monoisotopic (exact) mass is 403 g/mol. The van der Waals surface area contributed by atoms with Crippen molar-refractivity contribution < 1.29 is 28.9 Å². The molecular weight excluding hydrogens is 386 g/mol. The van der Waals surface area contributed by atoms with E-state index < -0.39 is 33.1 Å². The highest BCUT2D eigenvalue weighted by atomic mass is 16.6. The Morgan fingerprint density at radius 2 is 1.55 bits per heavy atom. The SMILES string of the molecule is COC(=O)c1ccc(COCCNC(=O)c2cc([N+](=O)[O-])cc([N+](=O)[O-])c2)cc1. The van der Waals surface area contributed by atoms with Crippen LogP contribution in [0.25, 0.3) is 0 Å². The third-order valence-electron chi connectivity index (χ3n) is 3.76. The number of carbonyl (C=O) groups is 2. The molecule has 0 aliphatic rings. The molecule has 0 aliphatic heterocycles. The van der Waals surface area contributed by atoms with Crippen LogP contribution in [0.4, 0.5) is 11.4 Å². The number of methoxy groups -OCH3 is 1. The van der Waals surface area contributed by atoms with E-state index in [1.54, 1.807) is 24.3 Å². The van der Waals surface area contributed by atoms with Gasteiger partial charge in [0.05, 0.1) is 47.4 Å². The number of benzene rings is 2. The van der Waals surface area contributed by atoms with Crippen LogP contribution in [0, 0.1) is 20.2 Å². The number of nitro benzene ring substituents is 2. The van der Waals surface area contributed by atoms with Gasteiger partial charge >= 0.3 is 5.97 Å². The minimum absolute atomic E-state index is 0.0928. The van der Waals surface area contributed by atoms with Crippen LogP contribution in [-0.2, 0) is 16.1 Å². The van der Waals surface area contributed by atoms with Crippen LogP contribution in [0.5, 0.6) is 0 Å². The second kappa shape index (κ2) is 9.90. The van der Waals surface area contributed by atoms with Crippen molar-refractivity contribution in [2.75, 3.05) is 20.3 Å². The van der Waals surface area contributed by atoms with E-state index >= 15 is 0 Å². The van der Waals surface area contributed by atoms with Crippen LogP contribution < -0.4 is 5.32 Å². The molecule has 0 fully saturated rings. The number of nitrogens with zero attached hydrogens (tertiary/aromatic N) is 2. The molecule has 2 aromatic carbocycles. The molecule has 1 N–H and O–H groups in total. The summed E-state index contributed by atoms with van der Waals surface area (Å²) in [5.74, 6) is -1.13. The average molecular weight is 403 g/mol. The number of non-ortho nitro benzene ring substituents is 2. The highest BCUT2D eigenvalue weighted by Crippen LogP contribution is 2.22. The average Bonchev–Trinajstić information content (AvgIpc) is 2.72. The fourth-order valence-electron chi connectivity index (χ4n) is 2.32. The Kier molecular flexibility index (Phi) is 7.32. The third kappa shape index (κ3) is 6.07. The van der Waals surface area contributed by atoms with Gasteiger partial charge in [-0.25, -0.2) is 4.79 Å². The van der Waals surface area contributed by atoms with E-state index in [1.807, 2.05) is 0 Å². The van der Waals surface area contributed by atoms with Gasteiger partial charge in [0.15, 0.2) is 0 Å². The fourth-order valence-corrected chi connectivity index (χ4v) is 2.32. The zero-order valence-corrected chi connectivity index (χ0v) is 15.3. The first-order valence-corrected chi connectivity index (χ1v) is 8.29. The lowest BCUT2D eigenvalue weighted by Crippen LogP contribution is -2.27. The molecule has 11 nitrogen and oxygen atoms in total. The quantitative estimate of drug-likeness (QED) is 0.290. The molecule has 0 radical (unpaired) electrons. The van der Waals surface area contributed by atoms with Gasteiger partial charge in [0, 0.05) is 18.7 Å². The summed E-state index contributed by atoms with van der Waals surface area (Å²) in [4.78, 5) is 43.6. The first kappa shape index (κ1) is 21.4. The normalized spacial score (nSPS) is 10.2. The lowest BCUT2D eigenvalue weighted by atomic mass is 10.1. The summed E-state index contributed by atoms with van der Waals surface area (Å²) < 4.78 is 10.0. The maximum atomic E-state index is 12.1. The molecule has 1 amide bonds. The molecule has 2 aromatic rings. The minimum Gasteiger partial charge on any atom is -0.465 e. The van der Waals surface area contributed by atoms with Gasteiger partial charge in [-0.15, -0.1) is 0 Å².